The Morgan fingerprint density at radius 1 is 1.36 bits per heavy atom. The highest BCUT2D eigenvalue weighted by Crippen LogP contribution is 2.31. The number of hydrogen-bond acceptors (Lipinski definition) is 1. The predicted molar refractivity (Wildman–Crippen MR) is 49.6 cm³/mol. The summed E-state index contributed by atoms with van der Waals surface area (Å²) in [6.45, 7) is 0. The summed E-state index contributed by atoms with van der Waals surface area (Å²) in [6.07, 6.45) is 2.10. The van der Waals surface area contributed by atoms with Gasteiger partial charge in [-0.15, -0.1) is 11.6 Å². The molecule has 0 amide bonds. The Bertz CT molecular complexity index is 350. The third-order valence-corrected chi connectivity index (χ3v) is 2.37. The van der Waals surface area contributed by atoms with Crippen molar-refractivity contribution in [2.45, 2.75) is 24.8 Å². The molecule has 1 fully saturated rings. The van der Waals surface area contributed by atoms with Gasteiger partial charge in [0.1, 0.15) is 5.75 Å². The molecular weight excluding hydrogens is 210 g/mol. The second-order valence-corrected chi connectivity index (χ2v) is 3.56. The van der Waals surface area contributed by atoms with Crippen LogP contribution in [0.25, 0.3) is 0 Å². The van der Waals surface area contributed by atoms with Gasteiger partial charge in [-0.25, -0.2) is 8.78 Å². The van der Waals surface area contributed by atoms with Gasteiger partial charge in [0.05, 0.1) is 12.0 Å². The molecule has 0 radical (unpaired) electrons. The van der Waals surface area contributed by atoms with E-state index in [0.717, 1.165) is 18.9 Å². The van der Waals surface area contributed by atoms with Crippen molar-refractivity contribution in [3.05, 3.63) is 29.3 Å². The molecule has 1 aliphatic carbocycles. The molecule has 0 aliphatic heterocycles. The molecular formula is C10H9ClF2O. The van der Waals surface area contributed by atoms with Crippen LogP contribution in [0.3, 0.4) is 0 Å². The summed E-state index contributed by atoms with van der Waals surface area (Å²) in [5, 5.41) is 0. The quantitative estimate of drug-likeness (QED) is 0.708. The Morgan fingerprint density at radius 2 is 2.07 bits per heavy atom. The molecule has 2 rings (SSSR count). The van der Waals surface area contributed by atoms with Gasteiger partial charge in [0.15, 0.2) is 11.6 Å². The minimum Gasteiger partial charge on any atom is -0.490 e. The van der Waals surface area contributed by atoms with E-state index in [-0.39, 0.29) is 17.5 Å². The number of ether oxygens (including phenoxy) is 1. The van der Waals surface area contributed by atoms with Crippen molar-refractivity contribution in [2.24, 2.45) is 0 Å². The predicted octanol–water partition coefficient (Wildman–Crippen LogP) is 3.24. The maximum Gasteiger partial charge on any atom is 0.166 e. The Hall–Kier alpha value is -0.830. The summed E-state index contributed by atoms with van der Waals surface area (Å²) in [5.41, 5.74) is 0.110. The fourth-order valence-corrected chi connectivity index (χ4v) is 1.42. The lowest BCUT2D eigenvalue weighted by Gasteiger charge is -2.09. The van der Waals surface area contributed by atoms with Gasteiger partial charge in [0.25, 0.3) is 0 Å². The zero-order valence-electron chi connectivity index (χ0n) is 7.40. The standard InChI is InChI=1S/C10H9ClF2O/c11-5-7-9(14-6-1-2-6)4-3-8(12)10(7)13/h3-4,6H,1-2,5H2. The lowest BCUT2D eigenvalue weighted by Crippen LogP contribution is -2.02. The summed E-state index contributed by atoms with van der Waals surface area (Å²) >= 11 is 5.53. The Labute approximate surface area is 85.6 Å². The van der Waals surface area contributed by atoms with Crippen LogP contribution in [-0.4, -0.2) is 6.10 Å². The molecule has 0 aromatic heterocycles. The van der Waals surface area contributed by atoms with E-state index in [1.165, 1.54) is 6.07 Å². The van der Waals surface area contributed by atoms with Gasteiger partial charge in [-0.2, -0.15) is 0 Å². The van der Waals surface area contributed by atoms with Crippen molar-refractivity contribution in [3.8, 4) is 5.75 Å². The number of benzene rings is 1. The van der Waals surface area contributed by atoms with Gasteiger partial charge in [-0.3, -0.25) is 0 Å². The SMILES string of the molecule is Fc1ccc(OC2CC2)c(CCl)c1F. The van der Waals surface area contributed by atoms with Gasteiger partial charge in [-0.05, 0) is 25.0 Å². The monoisotopic (exact) mass is 218 g/mol. The third kappa shape index (κ3) is 1.82. The van der Waals surface area contributed by atoms with Gasteiger partial charge < -0.3 is 4.74 Å². The molecule has 0 bridgehead atoms. The van der Waals surface area contributed by atoms with E-state index in [4.69, 9.17) is 16.3 Å². The van der Waals surface area contributed by atoms with Crippen LogP contribution in [0.4, 0.5) is 8.78 Å². The molecule has 0 heterocycles. The molecule has 76 valence electrons. The summed E-state index contributed by atoms with van der Waals surface area (Å²) < 4.78 is 31.4. The largest absolute Gasteiger partial charge is 0.490 e. The van der Waals surface area contributed by atoms with Crippen LogP contribution < -0.4 is 4.74 Å². The average molecular weight is 219 g/mol. The van der Waals surface area contributed by atoms with E-state index in [0.29, 0.717) is 5.75 Å². The maximum absolute atomic E-state index is 13.2. The Kier molecular flexibility index (Phi) is 2.59. The minimum atomic E-state index is -0.904. The fourth-order valence-electron chi connectivity index (χ4n) is 1.18. The summed E-state index contributed by atoms with van der Waals surface area (Å²) in [7, 11) is 0. The summed E-state index contributed by atoms with van der Waals surface area (Å²) in [5.74, 6) is -1.51. The first kappa shape index (κ1) is 9.71. The van der Waals surface area contributed by atoms with Crippen LogP contribution in [0.1, 0.15) is 18.4 Å². The first-order chi connectivity index (χ1) is 6.72. The van der Waals surface area contributed by atoms with Crippen molar-refractivity contribution < 1.29 is 13.5 Å². The first-order valence-electron chi connectivity index (χ1n) is 4.42. The Balaban J connectivity index is 2.32. The second kappa shape index (κ2) is 3.73. The van der Waals surface area contributed by atoms with Crippen molar-refractivity contribution in [3.63, 3.8) is 0 Å². The fraction of sp³-hybridized carbons (Fsp3) is 0.400. The van der Waals surface area contributed by atoms with Crippen LogP contribution in [0.15, 0.2) is 12.1 Å². The lowest BCUT2D eigenvalue weighted by molar-refractivity contribution is 0.297. The second-order valence-electron chi connectivity index (χ2n) is 3.29. The van der Waals surface area contributed by atoms with E-state index < -0.39 is 11.6 Å². The van der Waals surface area contributed by atoms with Gasteiger partial charge >= 0.3 is 0 Å². The molecule has 1 nitrogen and oxygen atoms in total. The lowest BCUT2D eigenvalue weighted by atomic mass is 10.2. The molecule has 14 heavy (non-hydrogen) atoms. The van der Waals surface area contributed by atoms with E-state index in [1.807, 2.05) is 0 Å². The molecule has 1 aromatic carbocycles. The molecule has 0 unspecified atom stereocenters. The van der Waals surface area contributed by atoms with Crippen molar-refractivity contribution in [1.29, 1.82) is 0 Å². The van der Waals surface area contributed by atoms with Crippen LogP contribution in [0, 0.1) is 11.6 Å². The van der Waals surface area contributed by atoms with Crippen LogP contribution in [0.5, 0.6) is 5.75 Å². The van der Waals surface area contributed by atoms with E-state index in [2.05, 4.69) is 0 Å². The zero-order valence-corrected chi connectivity index (χ0v) is 8.15. The zero-order chi connectivity index (χ0) is 10.1. The number of hydrogen-bond donors (Lipinski definition) is 0. The van der Waals surface area contributed by atoms with Crippen LogP contribution in [0.2, 0.25) is 0 Å². The van der Waals surface area contributed by atoms with Crippen LogP contribution in [-0.2, 0) is 5.88 Å². The van der Waals surface area contributed by atoms with E-state index in [9.17, 15) is 8.78 Å². The molecule has 0 spiro atoms. The van der Waals surface area contributed by atoms with E-state index in [1.54, 1.807) is 0 Å². The number of rotatable bonds is 3. The van der Waals surface area contributed by atoms with Crippen LogP contribution >= 0.6 is 11.6 Å². The number of halogens is 3. The molecule has 1 saturated carbocycles. The van der Waals surface area contributed by atoms with Crippen molar-refractivity contribution >= 4 is 11.6 Å². The van der Waals surface area contributed by atoms with E-state index >= 15 is 0 Å². The van der Waals surface area contributed by atoms with Gasteiger partial charge in [-0.1, -0.05) is 0 Å². The van der Waals surface area contributed by atoms with Gasteiger partial charge in [0, 0.05) is 5.56 Å². The smallest absolute Gasteiger partial charge is 0.166 e. The highest BCUT2D eigenvalue weighted by molar-refractivity contribution is 6.17. The normalized spacial score (nSPS) is 15.6. The molecule has 4 heteroatoms. The maximum atomic E-state index is 13.2. The Morgan fingerprint density at radius 3 is 2.64 bits per heavy atom. The molecule has 0 atom stereocenters. The molecule has 1 aliphatic rings. The molecule has 1 aromatic rings. The third-order valence-electron chi connectivity index (χ3n) is 2.10. The molecule has 0 N–H and O–H groups in total. The average Bonchev–Trinajstić information content (AvgIpc) is 2.96. The summed E-state index contributed by atoms with van der Waals surface area (Å²) in [6, 6.07) is 2.48. The highest BCUT2D eigenvalue weighted by Gasteiger charge is 2.25. The highest BCUT2D eigenvalue weighted by atomic mass is 35.5. The van der Waals surface area contributed by atoms with Crippen molar-refractivity contribution in [2.75, 3.05) is 0 Å². The minimum absolute atomic E-state index is 0.0777. The van der Waals surface area contributed by atoms with Crippen molar-refractivity contribution in [1.82, 2.24) is 0 Å². The molecule has 0 saturated heterocycles. The van der Waals surface area contributed by atoms with Gasteiger partial charge in [0.2, 0.25) is 0 Å². The number of alkyl halides is 1. The topological polar surface area (TPSA) is 9.23 Å². The summed E-state index contributed by atoms with van der Waals surface area (Å²) in [4.78, 5) is 0. The first-order valence-corrected chi connectivity index (χ1v) is 4.95.